The highest BCUT2D eigenvalue weighted by atomic mass is 16.7. The van der Waals surface area contributed by atoms with Crippen molar-refractivity contribution in [2.45, 2.75) is 63.8 Å². The zero-order chi connectivity index (χ0) is 31.3. The molecule has 0 radical (unpaired) electrons. The van der Waals surface area contributed by atoms with Crippen LogP contribution in [0.15, 0.2) is 0 Å². The first kappa shape index (κ1) is 34.2. The summed E-state index contributed by atoms with van der Waals surface area (Å²) in [5.74, 6) is -8.58. The van der Waals surface area contributed by atoms with Crippen LogP contribution in [0.5, 0.6) is 0 Å². The molecule has 3 rings (SSSR count). The molecule has 0 saturated carbocycles. The number of hydrogen-bond acceptors (Lipinski definition) is 14. The summed E-state index contributed by atoms with van der Waals surface area (Å²) in [5.41, 5.74) is 0. The Balaban J connectivity index is 0.000000383. The number of aliphatic hydroxyl groups excluding tert-OH is 2. The molecular weight excluding hydrogens is 562 g/mol. The molecule has 6 amide bonds. The molecule has 3 aliphatic rings. The van der Waals surface area contributed by atoms with Gasteiger partial charge in [0, 0.05) is 38.5 Å². The number of carboxylic acids is 2. The lowest BCUT2D eigenvalue weighted by Crippen LogP contribution is -2.45. The lowest BCUT2D eigenvalue weighted by Gasteiger charge is -2.20. The van der Waals surface area contributed by atoms with Crippen LogP contribution in [0.3, 0.4) is 0 Å². The standard InChI is InChI=1S/C12H12N2O8.C8H9NO6.C2H6O2/c15-7-1-2-8(16)13(7)21-11(19)5-6-12(20)22-14-9(17)3-4-10(14)18;10-5-1-2-6(11)9(5)4(8(14)15)3-7(12)13;3-1-2-4/h1-6H2;4H,1-3H2,(H,12,13)(H,14,15);3-4H,1-2H2. The van der Waals surface area contributed by atoms with E-state index in [1.807, 2.05) is 0 Å². The molecule has 3 saturated heterocycles. The lowest BCUT2D eigenvalue weighted by atomic mass is 10.2. The number of nitrogens with zero attached hydrogens (tertiary/aromatic N) is 3. The molecule has 0 aliphatic carbocycles. The monoisotopic (exact) mass is 589 g/mol. The molecule has 0 bridgehead atoms. The molecule has 19 nitrogen and oxygen atoms in total. The third kappa shape index (κ3) is 10.7. The van der Waals surface area contributed by atoms with Gasteiger partial charge in [-0.15, -0.1) is 10.1 Å². The van der Waals surface area contributed by atoms with Crippen LogP contribution in [0.1, 0.15) is 57.8 Å². The van der Waals surface area contributed by atoms with Crippen molar-refractivity contribution in [1.82, 2.24) is 15.0 Å². The van der Waals surface area contributed by atoms with E-state index in [4.69, 9.17) is 20.4 Å². The molecule has 4 N–H and O–H groups in total. The third-order valence-electron chi connectivity index (χ3n) is 5.09. The quantitative estimate of drug-likeness (QED) is 0.185. The van der Waals surface area contributed by atoms with Crippen molar-refractivity contribution in [1.29, 1.82) is 0 Å². The summed E-state index contributed by atoms with van der Waals surface area (Å²) < 4.78 is 0. The first-order valence-electron chi connectivity index (χ1n) is 11.9. The van der Waals surface area contributed by atoms with Crippen LogP contribution in [0.2, 0.25) is 0 Å². The van der Waals surface area contributed by atoms with Crippen LogP contribution in [-0.4, -0.2) is 114 Å². The van der Waals surface area contributed by atoms with Gasteiger partial charge in [0.2, 0.25) is 11.8 Å². The average molecular weight is 589 g/mol. The second-order valence-corrected chi connectivity index (χ2v) is 8.15. The Morgan fingerprint density at radius 3 is 1.20 bits per heavy atom. The Morgan fingerprint density at radius 1 is 0.610 bits per heavy atom. The highest BCUT2D eigenvalue weighted by Gasteiger charge is 2.40. The number of aliphatic carboxylic acids is 2. The molecule has 0 aromatic rings. The van der Waals surface area contributed by atoms with Crippen LogP contribution in [-0.2, 0) is 57.6 Å². The number of rotatable bonds is 10. The number of carbonyl (C=O) groups is 10. The predicted molar refractivity (Wildman–Crippen MR) is 123 cm³/mol. The highest BCUT2D eigenvalue weighted by Crippen LogP contribution is 2.18. The van der Waals surface area contributed by atoms with Crippen LogP contribution in [0.4, 0.5) is 0 Å². The smallest absolute Gasteiger partial charge is 0.333 e. The SMILES string of the molecule is O=C(CCC(=O)ON1C(=O)CCC1=O)ON1C(=O)CCC1=O.O=C(O)CC(C(=O)O)N1C(=O)CCC1=O.OCCO. The van der Waals surface area contributed by atoms with Gasteiger partial charge in [0.1, 0.15) is 6.04 Å². The molecule has 3 heterocycles. The van der Waals surface area contributed by atoms with Crippen molar-refractivity contribution in [2.75, 3.05) is 13.2 Å². The molecular formula is C22H27N3O16. The number of carbonyl (C=O) groups excluding carboxylic acids is 8. The van der Waals surface area contributed by atoms with Gasteiger partial charge in [0.05, 0.1) is 32.5 Å². The van der Waals surface area contributed by atoms with Crippen molar-refractivity contribution in [3.8, 4) is 0 Å². The Bertz CT molecular complexity index is 1000. The van der Waals surface area contributed by atoms with Crippen molar-refractivity contribution in [3.05, 3.63) is 0 Å². The molecule has 41 heavy (non-hydrogen) atoms. The molecule has 3 aliphatic heterocycles. The maximum absolute atomic E-state index is 11.4. The topological polar surface area (TPSA) is 280 Å². The fourth-order valence-electron chi connectivity index (χ4n) is 3.21. The van der Waals surface area contributed by atoms with Gasteiger partial charge < -0.3 is 30.1 Å². The summed E-state index contributed by atoms with van der Waals surface area (Å²) in [6, 6.07) is -1.59. The highest BCUT2D eigenvalue weighted by molar-refractivity contribution is 6.05. The number of hydroxylamine groups is 4. The van der Waals surface area contributed by atoms with Crippen LogP contribution in [0.25, 0.3) is 0 Å². The molecule has 0 aromatic carbocycles. The number of amides is 6. The lowest BCUT2D eigenvalue weighted by molar-refractivity contribution is -0.201. The van der Waals surface area contributed by atoms with Crippen molar-refractivity contribution < 1.29 is 78.0 Å². The predicted octanol–water partition coefficient (Wildman–Crippen LogP) is -2.98. The van der Waals surface area contributed by atoms with Gasteiger partial charge in [0.25, 0.3) is 23.6 Å². The fourth-order valence-corrected chi connectivity index (χ4v) is 3.21. The molecule has 19 heteroatoms. The zero-order valence-electron chi connectivity index (χ0n) is 21.4. The zero-order valence-corrected chi connectivity index (χ0v) is 21.4. The summed E-state index contributed by atoms with van der Waals surface area (Å²) in [7, 11) is 0. The maximum atomic E-state index is 11.4. The fraction of sp³-hybridized carbons (Fsp3) is 0.545. The van der Waals surface area contributed by atoms with Gasteiger partial charge in [-0.25, -0.2) is 14.4 Å². The van der Waals surface area contributed by atoms with Gasteiger partial charge in [-0.2, -0.15) is 0 Å². The van der Waals surface area contributed by atoms with E-state index in [1.165, 1.54) is 0 Å². The number of likely N-dealkylation sites (tertiary alicyclic amines) is 1. The van der Waals surface area contributed by atoms with Gasteiger partial charge in [0.15, 0.2) is 0 Å². The second-order valence-electron chi connectivity index (χ2n) is 8.15. The minimum Gasteiger partial charge on any atom is -0.481 e. The summed E-state index contributed by atoms with van der Waals surface area (Å²) in [6.07, 6.45) is -1.95. The Labute approximate surface area is 230 Å². The van der Waals surface area contributed by atoms with Crippen LogP contribution < -0.4 is 0 Å². The Morgan fingerprint density at radius 2 is 0.927 bits per heavy atom. The van der Waals surface area contributed by atoms with E-state index < -0.39 is 84.6 Å². The van der Waals surface area contributed by atoms with Gasteiger partial charge >= 0.3 is 23.9 Å². The molecule has 0 spiro atoms. The normalized spacial score (nSPS) is 17.1. The number of aliphatic hydroxyl groups is 2. The van der Waals surface area contributed by atoms with Crippen LogP contribution in [0, 0.1) is 0 Å². The van der Waals surface area contributed by atoms with Crippen molar-refractivity contribution >= 4 is 59.3 Å². The minimum absolute atomic E-state index is 0.0344. The maximum Gasteiger partial charge on any atom is 0.333 e. The van der Waals surface area contributed by atoms with E-state index >= 15 is 0 Å². The van der Waals surface area contributed by atoms with Gasteiger partial charge in [-0.05, 0) is 0 Å². The molecule has 0 aromatic heterocycles. The Kier molecular flexibility index (Phi) is 13.7. The second kappa shape index (κ2) is 16.4. The van der Waals surface area contributed by atoms with E-state index in [9.17, 15) is 47.9 Å². The van der Waals surface area contributed by atoms with E-state index in [0.717, 1.165) is 0 Å². The van der Waals surface area contributed by atoms with Crippen LogP contribution >= 0.6 is 0 Å². The number of imide groups is 3. The van der Waals surface area contributed by atoms with E-state index in [2.05, 4.69) is 9.68 Å². The molecule has 3 fully saturated rings. The first-order chi connectivity index (χ1) is 19.2. The summed E-state index contributed by atoms with van der Waals surface area (Å²) in [4.78, 5) is 121. The van der Waals surface area contributed by atoms with E-state index in [-0.39, 0.29) is 51.7 Å². The first-order valence-corrected chi connectivity index (χ1v) is 11.9. The molecule has 1 unspecified atom stereocenters. The van der Waals surface area contributed by atoms with Gasteiger partial charge in [-0.1, -0.05) is 0 Å². The number of carboxylic acid groups (broad SMARTS) is 2. The van der Waals surface area contributed by atoms with E-state index in [1.54, 1.807) is 0 Å². The summed E-state index contributed by atoms with van der Waals surface area (Å²) >= 11 is 0. The van der Waals surface area contributed by atoms with Gasteiger partial charge in [-0.3, -0.25) is 38.5 Å². The summed E-state index contributed by atoms with van der Waals surface area (Å²) in [6.45, 7) is -0.250. The Hall–Kier alpha value is -4.78. The largest absolute Gasteiger partial charge is 0.481 e. The van der Waals surface area contributed by atoms with Crippen molar-refractivity contribution in [3.63, 3.8) is 0 Å². The molecule has 226 valence electrons. The van der Waals surface area contributed by atoms with Crippen molar-refractivity contribution in [2.24, 2.45) is 0 Å². The molecule has 1 atom stereocenters. The van der Waals surface area contributed by atoms with E-state index in [0.29, 0.717) is 15.0 Å². The summed E-state index contributed by atoms with van der Waals surface area (Å²) in [5, 5.41) is 33.1. The third-order valence-corrected chi connectivity index (χ3v) is 5.09. The average Bonchev–Trinajstić information content (AvgIpc) is 3.53. The number of hydrogen-bond donors (Lipinski definition) is 4. The minimum atomic E-state index is -1.59.